The summed E-state index contributed by atoms with van der Waals surface area (Å²) in [4.78, 5) is 38.5. The minimum Gasteiger partial charge on any atom is -0.494 e. The lowest BCUT2D eigenvalue weighted by atomic mass is 10.1. The van der Waals surface area contributed by atoms with Crippen LogP contribution in [0.4, 0.5) is 11.4 Å². The molecule has 0 fully saturated rings. The zero-order valence-corrected chi connectivity index (χ0v) is 14.1. The maximum atomic E-state index is 12.2. The number of carbonyl (C=O) groups is 1. The number of non-ortho nitro benzene ring substituents is 1. The zero-order valence-electron chi connectivity index (χ0n) is 14.1. The lowest BCUT2D eigenvalue weighted by molar-refractivity contribution is -0.384. The largest absolute Gasteiger partial charge is 0.494 e. The Bertz CT molecular complexity index is 860. The van der Waals surface area contributed by atoms with Crippen LogP contribution in [0, 0.1) is 10.1 Å². The van der Waals surface area contributed by atoms with Crippen LogP contribution in [0.25, 0.3) is 0 Å². The molecule has 1 aromatic carbocycles. The van der Waals surface area contributed by atoms with Crippen molar-refractivity contribution in [3.05, 3.63) is 56.8 Å². The van der Waals surface area contributed by atoms with Crippen LogP contribution >= 0.6 is 0 Å². The Morgan fingerprint density at radius 1 is 1.40 bits per heavy atom. The van der Waals surface area contributed by atoms with Crippen molar-refractivity contribution >= 4 is 17.3 Å². The second-order valence-corrected chi connectivity index (χ2v) is 5.62. The fourth-order valence-electron chi connectivity index (χ4n) is 2.12. The fourth-order valence-corrected chi connectivity index (χ4v) is 2.12. The molecule has 1 aromatic heterocycles. The number of nitrogens with zero attached hydrogens (tertiary/aromatic N) is 3. The smallest absolute Gasteiger partial charge is 0.273 e. The van der Waals surface area contributed by atoms with Gasteiger partial charge >= 0.3 is 0 Å². The molecule has 0 aliphatic rings. The van der Waals surface area contributed by atoms with Crippen LogP contribution in [0.15, 0.2) is 35.4 Å². The second-order valence-electron chi connectivity index (χ2n) is 5.62. The Balaban J connectivity index is 2.15. The molecule has 9 nitrogen and oxygen atoms in total. The van der Waals surface area contributed by atoms with E-state index in [0.29, 0.717) is 5.69 Å². The highest BCUT2D eigenvalue weighted by Gasteiger charge is 2.14. The molecule has 25 heavy (non-hydrogen) atoms. The van der Waals surface area contributed by atoms with Crippen LogP contribution in [0.1, 0.15) is 25.5 Å². The van der Waals surface area contributed by atoms with E-state index < -0.39 is 10.8 Å². The number of nitro benzene ring substituents is 1. The number of ether oxygens (including phenoxy) is 1. The summed E-state index contributed by atoms with van der Waals surface area (Å²) in [6.45, 7) is 3.60. The molecule has 0 saturated carbocycles. The first-order valence-corrected chi connectivity index (χ1v) is 7.50. The third-order valence-corrected chi connectivity index (χ3v) is 3.48. The number of hydrogen-bond donors (Lipinski definition) is 1. The van der Waals surface area contributed by atoms with E-state index in [2.05, 4.69) is 10.3 Å². The summed E-state index contributed by atoms with van der Waals surface area (Å²) in [5.41, 5.74) is 0.445. The summed E-state index contributed by atoms with van der Waals surface area (Å²) in [5, 5.41) is 13.3. The Hall–Kier alpha value is -3.23. The van der Waals surface area contributed by atoms with Crippen LogP contribution < -0.4 is 15.6 Å². The molecule has 0 spiro atoms. The van der Waals surface area contributed by atoms with E-state index in [0.717, 1.165) is 0 Å². The molecule has 132 valence electrons. The Labute approximate surface area is 143 Å². The number of nitrogens with one attached hydrogen (secondary N) is 1. The zero-order chi connectivity index (χ0) is 18.6. The van der Waals surface area contributed by atoms with Crippen molar-refractivity contribution in [2.75, 3.05) is 12.4 Å². The summed E-state index contributed by atoms with van der Waals surface area (Å²) in [7, 11) is 1.34. The molecule has 1 N–H and O–H groups in total. The Kier molecular flexibility index (Phi) is 5.48. The van der Waals surface area contributed by atoms with Gasteiger partial charge < -0.3 is 10.1 Å². The number of rotatable bonds is 6. The van der Waals surface area contributed by atoms with Crippen LogP contribution in [-0.2, 0) is 11.3 Å². The van der Waals surface area contributed by atoms with E-state index in [9.17, 15) is 19.7 Å². The third kappa shape index (κ3) is 4.40. The van der Waals surface area contributed by atoms with Crippen LogP contribution in [0.5, 0.6) is 5.75 Å². The lowest BCUT2D eigenvalue weighted by Gasteiger charge is -2.11. The summed E-state index contributed by atoms with van der Waals surface area (Å²) in [6.07, 6.45) is 1.32. The van der Waals surface area contributed by atoms with E-state index in [1.54, 1.807) is 0 Å². The van der Waals surface area contributed by atoms with Gasteiger partial charge in [0, 0.05) is 12.1 Å². The quantitative estimate of drug-likeness (QED) is 0.631. The lowest BCUT2D eigenvalue weighted by Crippen LogP contribution is -2.28. The number of amides is 1. The fraction of sp³-hybridized carbons (Fsp3) is 0.312. The highest BCUT2D eigenvalue weighted by molar-refractivity contribution is 5.92. The second kappa shape index (κ2) is 7.56. The van der Waals surface area contributed by atoms with Gasteiger partial charge in [-0.2, -0.15) is 0 Å². The van der Waals surface area contributed by atoms with Crippen molar-refractivity contribution in [2.24, 2.45) is 0 Å². The molecule has 0 saturated heterocycles. The normalized spacial score (nSPS) is 10.6. The van der Waals surface area contributed by atoms with Gasteiger partial charge in [-0.1, -0.05) is 13.8 Å². The molecule has 1 amide bonds. The number of methoxy groups -OCH3 is 1. The average Bonchev–Trinajstić information content (AvgIpc) is 2.56. The first kappa shape index (κ1) is 18.1. The number of hydrogen-bond acceptors (Lipinski definition) is 6. The van der Waals surface area contributed by atoms with Crippen molar-refractivity contribution in [2.45, 2.75) is 26.3 Å². The number of benzene rings is 1. The summed E-state index contributed by atoms with van der Waals surface area (Å²) in [6, 6.07) is 5.23. The number of aromatic nitrogens is 2. The predicted octanol–water partition coefficient (Wildman–Crippen LogP) is 1.92. The first-order valence-electron chi connectivity index (χ1n) is 7.50. The minimum absolute atomic E-state index is 0.112. The summed E-state index contributed by atoms with van der Waals surface area (Å²) < 4.78 is 6.23. The minimum atomic E-state index is -0.560. The molecule has 0 radical (unpaired) electrons. The van der Waals surface area contributed by atoms with Crippen LogP contribution in [0.3, 0.4) is 0 Å². The molecule has 2 rings (SSSR count). The number of carbonyl (C=O) groups excluding carboxylic acids is 1. The molecule has 0 unspecified atom stereocenters. The van der Waals surface area contributed by atoms with Crippen LogP contribution in [-0.4, -0.2) is 27.5 Å². The predicted molar refractivity (Wildman–Crippen MR) is 90.9 cm³/mol. The van der Waals surface area contributed by atoms with Gasteiger partial charge in [-0.05, 0) is 12.0 Å². The molecular formula is C16H18N4O5. The summed E-state index contributed by atoms with van der Waals surface area (Å²) in [5.74, 6) is -0.211. The Morgan fingerprint density at radius 3 is 2.68 bits per heavy atom. The van der Waals surface area contributed by atoms with Gasteiger partial charge in [-0.25, -0.2) is 4.98 Å². The van der Waals surface area contributed by atoms with E-state index in [1.165, 1.54) is 42.3 Å². The van der Waals surface area contributed by atoms with E-state index in [1.807, 2.05) is 13.8 Å². The van der Waals surface area contributed by atoms with Gasteiger partial charge in [0.2, 0.25) is 5.91 Å². The first-order chi connectivity index (χ1) is 11.8. The van der Waals surface area contributed by atoms with Crippen molar-refractivity contribution in [1.82, 2.24) is 9.55 Å². The number of nitro groups is 1. The van der Waals surface area contributed by atoms with Gasteiger partial charge in [0.15, 0.2) is 0 Å². The summed E-state index contributed by atoms with van der Waals surface area (Å²) >= 11 is 0. The van der Waals surface area contributed by atoms with Crippen molar-refractivity contribution in [1.29, 1.82) is 0 Å². The van der Waals surface area contributed by atoms with Crippen molar-refractivity contribution in [3.63, 3.8) is 0 Å². The van der Waals surface area contributed by atoms with Crippen LogP contribution in [0.2, 0.25) is 0 Å². The number of anilines is 1. The highest BCUT2D eigenvalue weighted by atomic mass is 16.6. The third-order valence-electron chi connectivity index (χ3n) is 3.48. The molecule has 0 bridgehead atoms. The Morgan fingerprint density at radius 2 is 2.12 bits per heavy atom. The monoisotopic (exact) mass is 346 g/mol. The molecule has 9 heteroatoms. The molecule has 0 atom stereocenters. The van der Waals surface area contributed by atoms with Gasteiger partial charge in [0.05, 0.1) is 35.8 Å². The van der Waals surface area contributed by atoms with Gasteiger partial charge in [-0.15, -0.1) is 0 Å². The van der Waals surface area contributed by atoms with Gasteiger partial charge in [0.25, 0.3) is 11.2 Å². The van der Waals surface area contributed by atoms with Crippen molar-refractivity contribution in [3.8, 4) is 5.75 Å². The topological polar surface area (TPSA) is 116 Å². The van der Waals surface area contributed by atoms with E-state index >= 15 is 0 Å². The standard InChI is InChI=1S/C16H18N4O5/c1-10(2)13-7-16(22)19(9-17-13)8-15(21)18-12-5-4-11(20(23)24)6-14(12)25-3/h4-7,9-10H,8H2,1-3H3,(H,18,21). The maximum Gasteiger partial charge on any atom is 0.273 e. The molecular weight excluding hydrogens is 328 g/mol. The van der Waals surface area contributed by atoms with E-state index in [-0.39, 0.29) is 35.1 Å². The highest BCUT2D eigenvalue weighted by Crippen LogP contribution is 2.28. The molecule has 0 aliphatic carbocycles. The maximum absolute atomic E-state index is 12.2. The van der Waals surface area contributed by atoms with Gasteiger partial charge in [-0.3, -0.25) is 24.3 Å². The molecule has 1 heterocycles. The molecule has 2 aromatic rings. The van der Waals surface area contributed by atoms with Gasteiger partial charge in [0.1, 0.15) is 12.3 Å². The average molecular weight is 346 g/mol. The van der Waals surface area contributed by atoms with E-state index in [4.69, 9.17) is 4.74 Å². The molecule has 0 aliphatic heterocycles. The van der Waals surface area contributed by atoms with Crippen molar-refractivity contribution < 1.29 is 14.5 Å². The SMILES string of the molecule is COc1cc([N+](=O)[O-])ccc1NC(=O)Cn1cnc(C(C)C)cc1=O.